The van der Waals surface area contributed by atoms with E-state index < -0.39 is 0 Å². The lowest BCUT2D eigenvalue weighted by atomic mass is 10.1. The van der Waals surface area contributed by atoms with Crippen molar-refractivity contribution in [1.82, 2.24) is 20.6 Å². The molecule has 3 rings (SSSR count). The number of rotatable bonds is 8. The number of nitrogens with one attached hydrogen (secondary N) is 2. The Morgan fingerprint density at radius 2 is 1.62 bits per heavy atom. The minimum absolute atomic E-state index is 0.179. The number of aromatic nitrogens is 2. The summed E-state index contributed by atoms with van der Waals surface area (Å²) in [6.07, 6.45) is 2.29. The van der Waals surface area contributed by atoms with E-state index in [9.17, 15) is 9.59 Å². The van der Waals surface area contributed by atoms with Gasteiger partial charge in [-0.3, -0.25) is 14.6 Å². The van der Waals surface area contributed by atoms with Crippen LogP contribution in [-0.2, 0) is 13.0 Å². The average molecular weight is 390 g/mol. The number of carbonyl (C=O) groups excluding carboxylic acids is 2. The van der Waals surface area contributed by atoms with Crippen molar-refractivity contribution >= 4 is 11.8 Å². The van der Waals surface area contributed by atoms with E-state index in [1.807, 2.05) is 42.5 Å². The van der Waals surface area contributed by atoms with Crippen molar-refractivity contribution in [2.24, 2.45) is 0 Å². The van der Waals surface area contributed by atoms with Gasteiger partial charge in [0.25, 0.3) is 11.8 Å². The lowest BCUT2D eigenvalue weighted by molar-refractivity contribution is 0.0942. The van der Waals surface area contributed by atoms with Gasteiger partial charge in [0.05, 0.1) is 19.3 Å². The summed E-state index contributed by atoms with van der Waals surface area (Å²) in [4.78, 5) is 33.0. The molecule has 0 aliphatic heterocycles. The molecule has 0 radical (unpaired) electrons. The van der Waals surface area contributed by atoms with Gasteiger partial charge in [-0.25, -0.2) is 4.98 Å². The van der Waals surface area contributed by atoms with E-state index in [2.05, 4.69) is 20.6 Å². The first-order chi connectivity index (χ1) is 14.2. The van der Waals surface area contributed by atoms with E-state index in [1.54, 1.807) is 31.5 Å². The molecule has 2 aromatic heterocycles. The molecule has 0 saturated carbocycles. The van der Waals surface area contributed by atoms with E-state index in [-0.39, 0.29) is 29.7 Å². The van der Waals surface area contributed by atoms with Crippen LogP contribution in [0.4, 0.5) is 0 Å². The van der Waals surface area contributed by atoms with E-state index in [4.69, 9.17) is 4.74 Å². The number of ether oxygens (including phenoxy) is 1. The van der Waals surface area contributed by atoms with Crippen LogP contribution in [0.25, 0.3) is 0 Å². The Labute approximate surface area is 169 Å². The first kappa shape index (κ1) is 20.0. The lowest BCUT2D eigenvalue weighted by Gasteiger charge is -2.09. The van der Waals surface area contributed by atoms with Gasteiger partial charge in [-0.1, -0.05) is 30.3 Å². The van der Waals surface area contributed by atoms with Crippen LogP contribution in [0.15, 0.2) is 66.9 Å². The zero-order valence-corrected chi connectivity index (χ0v) is 16.1. The van der Waals surface area contributed by atoms with Gasteiger partial charge in [-0.15, -0.1) is 0 Å². The summed E-state index contributed by atoms with van der Waals surface area (Å²) in [5.41, 5.74) is 2.12. The number of hydrogen-bond donors (Lipinski definition) is 2. The quantitative estimate of drug-likeness (QED) is 0.616. The van der Waals surface area contributed by atoms with Gasteiger partial charge < -0.3 is 15.4 Å². The molecule has 0 saturated heterocycles. The monoisotopic (exact) mass is 390 g/mol. The summed E-state index contributed by atoms with van der Waals surface area (Å²) in [7, 11) is 1.62. The highest BCUT2D eigenvalue weighted by molar-refractivity contribution is 5.96. The number of para-hydroxylation sites is 1. The maximum Gasteiger partial charge on any atom is 0.270 e. The van der Waals surface area contributed by atoms with E-state index >= 15 is 0 Å². The summed E-state index contributed by atoms with van der Waals surface area (Å²) in [6.45, 7) is 0.716. The smallest absolute Gasteiger partial charge is 0.270 e. The molecular formula is C22H22N4O3. The standard InChI is InChI=1S/C22H22N4O3/c1-29-20-11-3-2-7-16(20)12-14-24-21(27)18-9-6-10-19(26-18)22(28)25-15-17-8-4-5-13-23-17/h2-11,13H,12,14-15H2,1H3,(H,24,27)(H,25,28). The molecule has 0 spiro atoms. The normalized spacial score (nSPS) is 10.2. The molecule has 2 amide bonds. The second-order valence-corrected chi connectivity index (χ2v) is 6.23. The SMILES string of the molecule is COc1ccccc1CCNC(=O)c1cccc(C(=O)NCc2ccccn2)n1. The molecule has 0 fully saturated rings. The molecule has 3 aromatic rings. The lowest BCUT2D eigenvalue weighted by Crippen LogP contribution is -2.28. The van der Waals surface area contributed by atoms with Gasteiger partial charge in [-0.05, 0) is 42.3 Å². The highest BCUT2D eigenvalue weighted by Crippen LogP contribution is 2.17. The third kappa shape index (κ3) is 5.62. The number of pyridine rings is 2. The highest BCUT2D eigenvalue weighted by atomic mass is 16.5. The van der Waals surface area contributed by atoms with Crippen molar-refractivity contribution in [1.29, 1.82) is 0 Å². The molecule has 7 nitrogen and oxygen atoms in total. The fraction of sp³-hybridized carbons (Fsp3) is 0.182. The summed E-state index contributed by atoms with van der Waals surface area (Å²) in [5, 5.41) is 5.57. The zero-order chi connectivity index (χ0) is 20.5. The Bertz CT molecular complexity index is 977. The average Bonchev–Trinajstić information content (AvgIpc) is 2.78. The summed E-state index contributed by atoms with van der Waals surface area (Å²) in [5.74, 6) is 0.0880. The third-order valence-electron chi connectivity index (χ3n) is 4.24. The first-order valence-electron chi connectivity index (χ1n) is 9.22. The van der Waals surface area contributed by atoms with Crippen LogP contribution in [0.5, 0.6) is 5.75 Å². The molecule has 0 aliphatic carbocycles. The number of benzene rings is 1. The van der Waals surface area contributed by atoms with Crippen LogP contribution in [-0.4, -0.2) is 35.4 Å². The van der Waals surface area contributed by atoms with Gasteiger partial charge in [0.1, 0.15) is 17.1 Å². The molecular weight excluding hydrogens is 368 g/mol. The Morgan fingerprint density at radius 3 is 2.34 bits per heavy atom. The fourth-order valence-electron chi connectivity index (χ4n) is 2.76. The third-order valence-corrected chi connectivity index (χ3v) is 4.24. The maximum absolute atomic E-state index is 12.4. The predicted molar refractivity (Wildman–Crippen MR) is 109 cm³/mol. The van der Waals surface area contributed by atoms with Gasteiger partial charge in [-0.2, -0.15) is 0 Å². The van der Waals surface area contributed by atoms with Gasteiger partial charge in [0, 0.05) is 12.7 Å². The molecule has 0 atom stereocenters. The van der Waals surface area contributed by atoms with Crippen LogP contribution in [0.2, 0.25) is 0 Å². The Kier molecular flexibility index (Phi) is 6.89. The van der Waals surface area contributed by atoms with Crippen molar-refractivity contribution in [3.8, 4) is 5.75 Å². The first-order valence-corrected chi connectivity index (χ1v) is 9.22. The summed E-state index contributed by atoms with van der Waals surface area (Å²) < 4.78 is 5.31. The molecule has 7 heteroatoms. The fourth-order valence-corrected chi connectivity index (χ4v) is 2.76. The molecule has 0 bridgehead atoms. The Hall–Kier alpha value is -3.74. The molecule has 2 heterocycles. The second kappa shape index (κ2) is 9.98. The van der Waals surface area contributed by atoms with Gasteiger partial charge in [0.15, 0.2) is 0 Å². The maximum atomic E-state index is 12.4. The van der Waals surface area contributed by atoms with Crippen LogP contribution in [0.3, 0.4) is 0 Å². The molecule has 2 N–H and O–H groups in total. The van der Waals surface area contributed by atoms with Crippen LogP contribution in [0, 0.1) is 0 Å². The topological polar surface area (TPSA) is 93.2 Å². The van der Waals surface area contributed by atoms with E-state index in [1.165, 1.54) is 0 Å². The number of nitrogens with zero attached hydrogens (tertiary/aromatic N) is 2. The van der Waals surface area contributed by atoms with Gasteiger partial charge in [0.2, 0.25) is 0 Å². The number of methoxy groups -OCH3 is 1. The van der Waals surface area contributed by atoms with Crippen LogP contribution >= 0.6 is 0 Å². The van der Waals surface area contributed by atoms with Crippen molar-refractivity contribution < 1.29 is 14.3 Å². The minimum atomic E-state index is -0.362. The Morgan fingerprint density at radius 1 is 0.897 bits per heavy atom. The molecule has 1 aromatic carbocycles. The molecule has 0 aliphatic rings. The zero-order valence-electron chi connectivity index (χ0n) is 16.1. The predicted octanol–water partition coefficient (Wildman–Crippen LogP) is 2.39. The summed E-state index contributed by atoms with van der Waals surface area (Å²) >= 11 is 0. The largest absolute Gasteiger partial charge is 0.496 e. The Balaban J connectivity index is 1.55. The van der Waals surface area contributed by atoms with E-state index in [0.717, 1.165) is 17.0 Å². The van der Waals surface area contributed by atoms with Crippen molar-refractivity contribution in [3.05, 3.63) is 89.5 Å². The molecule has 29 heavy (non-hydrogen) atoms. The van der Waals surface area contributed by atoms with Crippen LogP contribution < -0.4 is 15.4 Å². The number of amides is 2. The molecule has 0 unspecified atom stereocenters. The van der Waals surface area contributed by atoms with Crippen LogP contribution in [0.1, 0.15) is 32.2 Å². The second-order valence-electron chi connectivity index (χ2n) is 6.23. The van der Waals surface area contributed by atoms with Gasteiger partial charge >= 0.3 is 0 Å². The highest BCUT2D eigenvalue weighted by Gasteiger charge is 2.12. The number of hydrogen-bond acceptors (Lipinski definition) is 5. The van der Waals surface area contributed by atoms with Crippen molar-refractivity contribution in [2.75, 3.05) is 13.7 Å². The number of carbonyl (C=O) groups is 2. The summed E-state index contributed by atoms with van der Waals surface area (Å²) in [6, 6.07) is 17.9. The minimum Gasteiger partial charge on any atom is -0.496 e. The van der Waals surface area contributed by atoms with Crippen molar-refractivity contribution in [3.63, 3.8) is 0 Å². The molecule has 148 valence electrons. The van der Waals surface area contributed by atoms with Crippen molar-refractivity contribution in [2.45, 2.75) is 13.0 Å². The van der Waals surface area contributed by atoms with E-state index in [0.29, 0.717) is 13.0 Å².